The fraction of sp³-hybridized carbons (Fsp3) is 0.533. The number of nitrogens with one attached hydrogen (secondary N) is 2. The molecule has 0 aliphatic rings. The van der Waals surface area contributed by atoms with Crippen LogP contribution in [0.25, 0.3) is 0 Å². The van der Waals surface area contributed by atoms with Gasteiger partial charge in [-0.15, -0.1) is 0 Å². The summed E-state index contributed by atoms with van der Waals surface area (Å²) in [5.74, 6) is -0.0603. The van der Waals surface area contributed by atoms with Gasteiger partial charge in [0.15, 0.2) is 0 Å². The van der Waals surface area contributed by atoms with E-state index in [1.54, 1.807) is 31.4 Å². The average Bonchev–Trinajstić information content (AvgIpc) is 2.39. The summed E-state index contributed by atoms with van der Waals surface area (Å²) in [5.41, 5.74) is 0.858. The van der Waals surface area contributed by atoms with Gasteiger partial charge in [-0.05, 0) is 36.1 Å². The summed E-state index contributed by atoms with van der Waals surface area (Å²) in [6.45, 7) is 6.08. The molecular formula is C15H23ClN2O2. The standard InChI is InChI=1S/C15H23ClN2O2/c1-15(2,8-9-20-3)11-17-10-14(19)18-13-6-4-12(16)5-7-13/h4-7,17H,8-11H2,1-3H3,(H,18,19). The summed E-state index contributed by atoms with van der Waals surface area (Å²) in [4.78, 5) is 11.8. The van der Waals surface area contributed by atoms with E-state index in [1.807, 2.05) is 0 Å². The highest BCUT2D eigenvalue weighted by atomic mass is 35.5. The molecule has 1 rings (SSSR count). The summed E-state index contributed by atoms with van der Waals surface area (Å²) < 4.78 is 5.08. The van der Waals surface area contributed by atoms with Gasteiger partial charge in [-0.1, -0.05) is 25.4 Å². The Hall–Kier alpha value is -1.10. The molecule has 0 bridgehead atoms. The number of methoxy groups -OCH3 is 1. The van der Waals surface area contributed by atoms with E-state index in [2.05, 4.69) is 24.5 Å². The third kappa shape index (κ3) is 6.89. The van der Waals surface area contributed by atoms with Crippen LogP contribution in [0.2, 0.25) is 5.02 Å². The van der Waals surface area contributed by atoms with Crippen molar-refractivity contribution in [1.82, 2.24) is 5.32 Å². The largest absolute Gasteiger partial charge is 0.385 e. The second kappa shape index (κ2) is 8.25. The van der Waals surface area contributed by atoms with Gasteiger partial charge in [-0.3, -0.25) is 4.79 Å². The predicted octanol–water partition coefficient (Wildman–Crippen LogP) is 2.93. The van der Waals surface area contributed by atoms with Gasteiger partial charge < -0.3 is 15.4 Å². The SMILES string of the molecule is COCCC(C)(C)CNCC(=O)Nc1ccc(Cl)cc1. The lowest BCUT2D eigenvalue weighted by Crippen LogP contribution is -2.35. The van der Waals surface area contributed by atoms with Gasteiger partial charge in [0.05, 0.1) is 6.54 Å². The number of rotatable bonds is 8. The number of ether oxygens (including phenoxy) is 1. The molecule has 0 atom stereocenters. The maximum absolute atomic E-state index is 11.8. The van der Waals surface area contributed by atoms with Crippen molar-refractivity contribution in [2.24, 2.45) is 5.41 Å². The summed E-state index contributed by atoms with van der Waals surface area (Å²) in [6, 6.07) is 7.06. The molecular weight excluding hydrogens is 276 g/mol. The highest BCUT2D eigenvalue weighted by Crippen LogP contribution is 2.18. The lowest BCUT2D eigenvalue weighted by molar-refractivity contribution is -0.115. The van der Waals surface area contributed by atoms with E-state index in [4.69, 9.17) is 16.3 Å². The Labute approximate surface area is 125 Å². The fourth-order valence-electron chi connectivity index (χ4n) is 1.72. The molecule has 0 aliphatic carbocycles. The summed E-state index contributed by atoms with van der Waals surface area (Å²) in [7, 11) is 1.70. The molecule has 0 spiro atoms. The van der Waals surface area contributed by atoms with Crippen molar-refractivity contribution in [1.29, 1.82) is 0 Å². The summed E-state index contributed by atoms with van der Waals surface area (Å²) in [6.07, 6.45) is 0.954. The monoisotopic (exact) mass is 298 g/mol. The first-order valence-corrected chi connectivity index (χ1v) is 7.06. The molecule has 0 aromatic heterocycles. The van der Waals surface area contributed by atoms with E-state index < -0.39 is 0 Å². The van der Waals surface area contributed by atoms with Crippen LogP contribution in [0, 0.1) is 5.41 Å². The zero-order valence-electron chi connectivity index (χ0n) is 12.3. The van der Waals surface area contributed by atoms with Crippen LogP contribution < -0.4 is 10.6 Å². The van der Waals surface area contributed by atoms with Crippen LogP contribution in [-0.2, 0) is 9.53 Å². The molecule has 0 radical (unpaired) electrons. The number of halogens is 1. The van der Waals surface area contributed by atoms with Crippen LogP contribution in [0.4, 0.5) is 5.69 Å². The van der Waals surface area contributed by atoms with Crippen molar-refractivity contribution >= 4 is 23.2 Å². The molecule has 0 unspecified atom stereocenters. The van der Waals surface area contributed by atoms with Gasteiger partial charge in [0.2, 0.25) is 5.91 Å². The Balaban J connectivity index is 2.28. The van der Waals surface area contributed by atoms with Crippen molar-refractivity contribution in [3.63, 3.8) is 0 Å². The molecule has 0 fully saturated rings. The molecule has 0 saturated carbocycles. The van der Waals surface area contributed by atoms with Crippen LogP contribution in [-0.4, -0.2) is 32.7 Å². The molecule has 0 heterocycles. The molecule has 1 aromatic carbocycles. The van der Waals surface area contributed by atoms with E-state index in [1.165, 1.54) is 0 Å². The van der Waals surface area contributed by atoms with Crippen LogP contribution in [0.3, 0.4) is 0 Å². The minimum Gasteiger partial charge on any atom is -0.385 e. The normalized spacial score (nSPS) is 11.4. The molecule has 2 N–H and O–H groups in total. The van der Waals surface area contributed by atoms with Crippen molar-refractivity contribution in [2.45, 2.75) is 20.3 Å². The van der Waals surface area contributed by atoms with Crippen molar-refractivity contribution in [3.8, 4) is 0 Å². The van der Waals surface area contributed by atoms with E-state index >= 15 is 0 Å². The maximum Gasteiger partial charge on any atom is 0.238 e. The number of carbonyl (C=O) groups is 1. The number of amides is 1. The Kier molecular flexibility index (Phi) is 6.99. The Morgan fingerprint density at radius 1 is 1.30 bits per heavy atom. The lowest BCUT2D eigenvalue weighted by atomic mass is 9.90. The van der Waals surface area contributed by atoms with Crippen LogP contribution in [0.1, 0.15) is 20.3 Å². The maximum atomic E-state index is 11.8. The van der Waals surface area contributed by atoms with Gasteiger partial charge in [0, 0.05) is 31.0 Å². The van der Waals surface area contributed by atoms with Crippen LogP contribution >= 0.6 is 11.6 Å². The van der Waals surface area contributed by atoms with Gasteiger partial charge in [-0.25, -0.2) is 0 Å². The zero-order chi connectivity index (χ0) is 15.0. The van der Waals surface area contributed by atoms with Gasteiger partial charge in [-0.2, -0.15) is 0 Å². The smallest absolute Gasteiger partial charge is 0.238 e. The van der Waals surface area contributed by atoms with Crippen molar-refractivity contribution in [3.05, 3.63) is 29.3 Å². The topological polar surface area (TPSA) is 50.4 Å². The highest BCUT2D eigenvalue weighted by Gasteiger charge is 2.17. The molecule has 0 saturated heterocycles. The van der Waals surface area contributed by atoms with Gasteiger partial charge >= 0.3 is 0 Å². The molecule has 20 heavy (non-hydrogen) atoms. The van der Waals surface area contributed by atoms with Gasteiger partial charge in [0.1, 0.15) is 0 Å². The molecule has 0 aliphatic heterocycles. The first-order chi connectivity index (χ1) is 9.43. The number of hydrogen-bond acceptors (Lipinski definition) is 3. The molecule has 4 nitrogen and oxygen atoms in total. The van der Waals surface area contributed by atoms with E-state index in [9.17, 15) is 4.79 Å². The second-order valence-electron chi connectivity index (χ2n) is 5.57. The summed E-state index contributed by atoms with van der Waals surface area (Å²) in [5, 5.41) is 6.64. The third-order valence-electron chi connectivity index (χ3n) is 3.00. The minimum atomic E-state index is -0.0603. The first-order valence-electron chi connectivity index (χ1n) is 6.68. The van der Waals surface area contributed by atoms with E-state index in [0.29, 0.717) is 11.6 Å². The Morgan fingerprint density at radius 2 is 1.95 bits per heavy atom. The number of hydrogen-bond donors (Lipinski definition) is 2. The van der Waals surface area contributed by atoms with Crippen LogP contribution in [0.5, 0.6) is 0 Å². The van der Waals surface area contributed by atoms with Crippen molar-refractivity contribution < 1.29 is 9.53 Å². The predicted molar refractivity (Wildman–Crippen MR) is 83.2 cm³/mol. The number of benzene rings is 1. The quantitative estimate of drug-likeness (QED) is 0.776. The number of carbonyl (C=O) groups excluding carboxylic acids is 1. The minimum absolute atomic E-state index is 0.0603. The Morgan fingerprint density at radius 3 is 2.55 bits per heavy atom. The van der Waals surface area contributed by atoms with E-state index in [-0.39, 0.29) is 11.3 Å². The lowest BCUT2D eigenvalue weighted by Gasteiger charge is -2.24. The Bertz CT molecular complexity index is 418. The highest BCUT2D eigenvalue weighted by molar-refractivity contribution is 6.30. The molecule has 5 heteroatoms. The third-order valence-corrected chi connectivity index (χ3v) is 3.25. The zero-order valence-corrected chi connectivity index (χ0v) is 13.1. The summed E-state index contributed by atoms with van der Waals surface area (Å²) >= 11 is 5.79. The second-order valence-corrected chi connectivity index (χ2v) is 6.00. The molecule has 1 aromatic rings. The average molecular weight is 299 g/mol. The van der Waals surface area contributed by atoms with Crippen LogP contribution in [0.15, 0.2) is 24.3 Å². The number of anilines is 1. The fourth-order valence-corrected chi connectivity index (χ4v) is 1.85. The van der Waals surface area contributed by atoms with Gasteiger partial charge in [0.25, 0.3) is 0 Å². The van der Waals surface area contributed by atoms with E-state index in [0.717, 1.165) is 25.3 Å². The van der Waals surface area contributed by atoms with Crippen molar-refractivity contribution in [2.75, 3.05) is 32.1 Å². The molecule has 112 valence electrons. The molecule has 1 amide bonds. The first kappa shape index (κ1) is 17.0.